The number of hydrogen-bond donors (Lipinski definition) is 3. The predicted octanol–water partition coefficient (Wildman–Crippen LogP) is 5.62. The lowest BCUT2D eigenvalue weighted by atomic mass is 9.72. The van der Waals surface area contributed by atoms with Crippen molar-refractivity contribution in [2.45, 2.75) is 53.1 Å². The van der Waals surface area contributed by atoms with Crippen molar-refractivity contribution in [2.24, 2.45) is 11.3 Å². The van der Waals surface area contributed by atoms with E-state index in [0.29, 0.717) is 22.7 Å². The standard InChI is InChI=1S/C22H27BrN2O3S/c1-5-28-15-9-11(8-14(23)18(15)26)19-24-20(27)17-13-7-6-12(22(2,3)4)10-16(13)29-21(17)25-19/h8-9,12,19,25-26H,5-7,10H2,1-4H3,(H,24,27)/t12-,19-/m1/s1. The zero-order valence-corrected chi connectivity index (χ0v) is 19.6. The maximum absolute atomic E-state index is 13.0. The lowest BCUT2D eigenvalue weighted by Crippen LogP contribution is -2.38. The third-order valence-electron chi connectivity index (χ3n) is 5.95. The minimum atomic E-state index is -0.371. The molecule has 1 amide bonds. The van der Waals surface area contributed by atoms with Crippen molar-refractivity contribution in [1.29, 1.82) is 0 Å². The topological polar surface area (TPSA) is 70.6 Å². The van der Waals surface area contributed by atoms with Crippen molar-refractivity contribution < 1.29 is 14.6 Å². The summed E-state index contributed by atoms with van der Waals surface area (Å²) in [5.74, 6) is 1.07. The number of hydrogen-bond acceptors (Lipinski definition) is 5. The Bertz CT molecular complexity index is 964. The fourth-order valence-corrected chi connectivity index (χ4v) is 6.04. The fourth-order valence-electron chi connectivity index (χ4n) is 4.23. The third-order valence-corrected chi connectivity index (χ3v) is 7.74. The number of carbonyl (C=O) groups excluding carboxylic acids is 1. The van der Waals surface area contributed by atoms with Gasteiger partial charge in [0.05, 0.1) is 16.6 Å². The van der Waals surface area contributed by atoms with Crippen molar-refractivity contribution in [3.8, 4) is 11.5 Å². The van der Waals surface area contributed by atoms with Gasteiger partial charge in [-0.05, 0) is 76.7 Å². The van der Waals surface area contributed by atoms with Crippen molar-refractivity contribution >= 4 is 38.2 Å². The SMILES string of the molecule is CCOc1cc([C@@H]2NC(=O)c3c(sc4c3CC[C@@H](C(C)(C)C)C4)N2)cc(Br)c1O. The van der Waals surface area contributed by atoms with Crippen LogP contribution >= 0.6 is 27.3 Å². The first-order valence-electron chi connectivity index (χ1n) is 10.1. The molecule has 0 unspecified atom stereocenters. The summed E-state index contributed by atoms with van der Waals surface area (Å²) >= 11 is 5.10. The molecule has 2 aromatic rings. The molecule has 2 aliphatic rings. The number of aromatic hydroxyl groups is 1. The van der Waals surface area contributed by atoms with Crippen LogP contribution in [0.25, 0.3) is 0 Å². The van der Waals surface area contributed by atoms with E-state index in [-0.39, 0.29) is 23.2 Å². The Morgan fingerprint density at radius 1 is 1.31 bits per heavy atom. The summed E-state index contributed by atoms with van der Waals surface area (Å²) in [6, 6.07) is 3.58. The van der Waals surface area contributed by atoms with E-state index >= 15 is 0 Å². The van der Waals surface area contributed by atoms with Crippen molar-refractivity contribution in [2.75, 3.05) is 11.9 Å². The molecule has 0 bridgehead atoms. The average Bonchev–Trinajstić information content (AvgIpc) is 3.02. The number of rotatable bonds is 3. The summed E-state index contributed by atoms with van der Waals surface area (Å²) in [5, 5.41) is 17.7. The second kappa shape index (κ2) is 7.51. The maximum atomic E-state index is 13.0. The molecule has 3 N–H and O–H groups in total. The van der Waals surface area contributed by atoms with Crippen LogP contribution in [0.15, 0.2) is 16.6 Å². The molecule has 0 saturated heterocycles. The molecule has 7 heteroatoms. The summed E-state index contributed by atoms with van der Waals surface area (Å²) in [7, 11) is 0. The van der Waals surface area contributed by atoms with Gasteiger partial charge in [0.1, 0.15) is 11.2 Å². The van der Waals surface area contributed by atoms with Crippen LogP contribution in [0.1, 0.15) is 66.6 Å². The molecule has 2 heterocycles. The summed E-state index contributed by atoms with van der Waals surface area (Å²) in [5.41, 5.74) is 3.14. The molecule has 0 radical (unpaired) electrons. The van der Waals surface area contributed by atoms with E-state index < -0.39 is 0 Å². The molecule has 0 fully saturated rings. The normalized spacial score (nSPS) is 21.1. The number of phenolic OH excluding ortho intramolecular Hbond substituents is 1. The van der Waals surface area contributed by atoms with Gasteiger partial charge in [0.25, 0.3) is 5.91 Å². The van der Waals surface area contributed by atoms with Crippen LogP contribution in [0.2, 0.25) is 0 Å². The van der Waals surface area contributed by atoms with Crippen LogP contribution in [0, 0.1) is 11.3 Å². The van der Waals surface area contributed by atoms with Gasteiger partial charge in [0, 0.05) is 4.88 Å². The van der Waals surface area contributed by atoms with Gasteiger partial charge in [-0.15, -0.1) is 11.3 Å². The second-order valence-corrected chi connectivity index (χ2v) is 10.8. The molecule has 5 nitrogen and oxygen atoms in total. The summed E-state index contributed by atoms with van der Waals surface area (Å²) < 4.78 is 6.08. The Kier molecular flexibility index (Phi) is 5.32. The van der Waals surface area contributed by atoms with Crippen LogP contribution in [0.5, 0.6) is 11.5 Å². The van der Waals surface area contributed by atoms with Gasteiger partial charge in [-0.3, -0.25) is 4.79 Å². The van der Waals surface area contributed by atoms with Crippen molar-refractivity contribution in [1.82, 2.24) is 5.32 Å². The minimum absolute atomic E-state index is 0.0300. The average molecular weight is 479 g/mol. The zero-order chi connectivity index (χ0) is 20.9. The smallest absolute Gasteiger partial charge is 0.256 e. The van der Waals surface area contributed by atoms with Crippen molar-refractivity contribution in [3.63, 3.8) is 0 Å². The fraction of sp³-hybridized carbons (Fsp3) is 0.500. The minimum Gasteiger partial charge on any atom is -0.503 e. The number of amides is 1. The van der Waals surface area contributed by atoms with E-state index in [4.69, 9.17) is 4.74 Å². The molecule has 1 aliphatic heterocycles. The quantitative estimate of drug-likeness (QED) is 0.535. The number of fused-ring (bicyclic) bond motifs is 3. The van der Waals surface area contributed by atoms with Gasteiger partial charge in [0.2, 0.25) is 0 Å². The lowest BCUT2D eigenvalue weighted by Gasteiger charge is -2.34. The number of nitrogens with one attached hydrogen (secondary N) is 2. The molecule has 156 valence electrons. The molecular formula is C22H27BrN2O3S. The number of ether oxygens (including phenoxy) is 1. The largest absolute Gasteiger partial charge is 0.503 e. The van der Waals surface area contributed by atoms with Crippen LogP contribution in [-0.4, -0.2) is 17.6 Å². The Hall–Kier alpha value is -1.73. The maximum Gasteiger partial charge on any atom is 0.256 e. The van der Waals surface area contributed by atoms with Crippen LogP contribution in [0.3, 0.4) is 0 Å². The van der Waals surface area contributed by atoms with E-state index in [1.54, 1.807) is 17.4 Å². The Labute approximate surface area is 184 Å². The third kappa shape index (κ3) is 3.75. The summed E-state index contributed by atoms with van der Waals surface area (Å²) in [6.07, 6.45) is 2.75. The number of benzene rings is 1. The van der Waals surface area contributed by atoms with Crippen LogP contribution in [-0.2, 0) is 12.8 Å². The van der Waals surface area contributed by atoms with Crippen molar-refractivity contribution in [3.05, 3.63) is 38.2 Å². The highest BCUT2D eigenvalue weighted by molar-refractivity contribution is 9.10. The number of halogens is 1. The van der Waals surface area contributed by atoms with E-state index in [2.05, 4.69) is 47.3 Å². The summed E-state index contributed by atoms with van der Waals surface area (Å²) in [4.78, 5) is 14.3. The van der Waals surface area contributed by atoms with E-state index in [1.165, 1.54) is 10.4 Å². The Balaban J connectivity index is 1.65. The van der Waals surface area contributed by atoms with Gasteiger partial charge in [-0.25, -0.2) is 0 Å². The molecular weight excluding hydrogens is 452 g/mol. The molecule has 1 aromatic heterocycles. The molecule has 1 aromatic carbocycles. The highest BCUT2D eigenvalue weighted by atomic mass is 79.9. The Morgan fingerprint density at radius 2 is 2.07 bits per heavy atom. The number of phenols is 1. The number of anilines is 1. The number of carbonyl (C=O) groups is 1. The van der Waals surface area contributed by atoms with E-state index in [9.17, 15) is 9.90 Å². The van der Waals surface area contributed by atoms with E-state index in [1.807, 2.05) is 13.0 Å². The highest BCUT2D eigenvalue weighted by Gasteiger charge is 2.36. The van der Waals surface area contributed by atoms with Gasteiger partial charge in [0.15, 0.2) is 11.5 Å². The number of thiophene rings is 1. The van der Waals surface area contributed by atoms with Gasteiger partial charge in [-0.1, -0.05) is 20.8 Å². The first-order valence-corrected chi connectivity index (χ1v) is 11.7. The molecule has 2 atom stereocenters. The molecule has 1 aliphatic carbocycles. The first kappa shape index (κ1) is 20.5. The van der Waals surface area contributed by atoms with Crippen LogP contribution < -0.4 is 15.4 Å². The second-order valence-electron chi connectivity index (χ2n) is 8.85. The Morgan fingerprint density at radius 3 is 2.76 bits per heavy atom. The van der Waals surface area contributed by atoms with Gasteiger partial charge >= 0.3 is 0 Å². The van der Waals surface area contributed by atoms with Crippen LogP contribution in [0.4, 0.5) is 5.00 Å². The molecule has 0 spiro atoms. The molecule has 4 rings (SSSR count). The van der Waals surface area contributed by atoms with Gasteiger partial charge < -0.3 is 20.5 Å². The predicted molar refractivity (Wildman–Crippen MR) is 120 cm³/mol. The van der Waals surface area contributed by atoms with Gasteiger partial charge in [-0.2, -0.15) is 0 Å². The van der Waals surface area contributed by atoms with E-state index in [0.717, 1.165) is 35.4 Å². The zero-order valence-electron chi connectivity index (χ0n) is 17.2. The monoisotopic (exact) mass is 478 g/mol. The molecule has 29 heavy (non-hydrogen) atoms. The summed E-state index contributed by atoms with van der Waals surface area (Å²) in [6.45, 7) is 9.22. The first-order chi connectivity index (χ1) is 13.7. The highest BCUT2D eigenvalue weighted by Crippen LogP contribution is 2.46. The lowest BCUT2D eigenvalue weighted by molar-refractivity contribution is 0.0934. The molecule has 0 saturated carbocycles.